The van der Waals surface area contributed by atoms with E-state index in [9.17, 15) is 0 Å². The van der Waals surface area contributed by atoms with E-state index in [1.807, 2.05) is 0 Å². The van der Waals surface area contributed by atoms with Gasteiger partial charge in [-0.1, -0.05) is 48.6 Å². The lowest BCUT2D eigenvalue weighted by Crippen LogP contribution is -2.40. The summed E-state index contributed by atoms with van der Waals surface area (Å²) in [5.41, 5.74) is 1.40. The van der Waals surface area contributed by atoms with Crippen LogP contribution in [0, 0.1) is 0 Å². The molecule has 1 unspecified atom stereocenters. The molecule has 1 aliphatic rings. The van der Waals surface area contributed by atoms with Crippen molar-refractivity contribution in [2.24, 2.45) is 0 Å². The number of ether oxygens (including phenoxy) is 2. The molecule has 0 radical (unpaired) electrons. The van der Waals surface area contributed by atoms with Crippen molar-refractivity contribution in [1.29, 1.82) is 0 Å². The number of aryl methyl sites for hydroxylation is 1. The van der Waals surface area contributed by atoms with Gasteiger partial charge in [0.05, 0.1) is 14.7 Å². The highest BCUT2D eigenvalue weighted by Gasteiger charge is 2.21. The van der Waals surface area contributed by atoms with Crippen molar-refractivity contribution >= 4 is 13.3 Å². The van der Waals surface area contributed by atoms with Crippen molar-refractivity contribution in [3.8, 4) is 0 Å². The second-order valence-electron chi connectivity index (χ2n) is 6.84. The molecule has 0 saturated carbocycles. The minimum atomic E-state index is -1.32. The molecule has 22 heavy (non-hydrogen) atoms. The van der Waals surface area contributed by atoms with Gasteiger partial charge in [0.1, 0.15) is 0 Å². The van der Waals surface area contributed by atoms with Gasteiger partial charge in [-0.05, 0) is 43.7 Å². The molecule has 0 bridgehead atoms. The van der Waals surface area contributed by atoms with Gasteiger partial charge in [0.2, 0.25) is 0 Å². The molecular weight excluding hydrogens is 288 g/mol. The molecule has 2 rings (SSSR count). The van der Waals surface area contributed by atoms with Crippen molar-refractivity contribution in [2.45, 2.75) is 57.5 Å². The maximum Gasteiger partial charge on any atom is 0.157 e. The topological polar surface area (TPSA) is 18.5 Å². The van der Waals surface area contributed by atoms with Gasteiger partial charge in [0.15, 0.2) is 6.29 Å². The quantitative estimate of drug-likeness (QED) is 0.405. The molecular formula is C19H30O2Si. The van der Waals surface area contributed by atoms with Gasteiger partial charge in [0.25, 0.3) is 0 Å². The standard InChI is InChI=1S/C19H30O2Si/c1-4-16-22(2,3)18-12-10-17(11-13-18)8-7-15-21-19-9-5-6-14-20-19/h4,10-13,19H,1,5-9,14-16H2,2-3H3. The summed E-state index contributed by atoms with van der Waals surface area (Å²) >= 11 is 0. The zero-order valence-corrected chi connectivity index (χ0v) is 15.1. The van der Waals surface area contributed by atoms with Crippen LogP contribution in [0.2, 0.25) is 19.1 Å². The van der Waals surface area contributed by atoms with Gasteiger partial charge >= 0.3 is 0 Å². The van der Waals surface area contributed by atoms with Gasteiger partial charge in [-0.2, -0.15) is 0 Å². The Labute approximate surface area is 136 Å². The molecule has 0 amide bonds. The van der Waals surface area contributed by atoms with Crippen LogP contribution in [-0.4, -0.2) is 27.6 Å². The highest BCUT2D eigenvalue weighted by molar-refractivity contribution is 6.90. The summed E-state index contributed by atoms with van der Waals surface area (Å²) in [4.78, 5) is 0. The third-order valence-corrected chi connectivity index (χ3v) is 7.65. The zero-order chi connectivity index (χ0) is 15.8. The molecule has 1 heterocycles. The van der Waals surface area contributed by atoms with Gasteiger partial charge in [-0.25, -0.2) is 0 Å². The fourth-order valence-corrected chi connectivity index (χ4v) is 4.96. The average molecular weight is 319 g/mol. The van der Waals surface area contributed by atoms with E-state index in [1.54, 1.807) is 0 Å². The molecule has 122 valence electrons. The third kappa shape index (κ3) is 5.38. The van der Waals surface area contributed by atoms with Crippen LogP contribution in [0.5, 0.6) is 0 Å². The predicted octanol–water partition coefficient (Wildman–Crippen LogP) is 4.26. The number of allylic oxidation sites excluding steroid dienone is 1. The fourth-order valence-electron chi connectivity index (χ4n) is 2.93. The minimum Gasteiger partial charge on any atom is -0.353 e. The molecule has 1 atom stereocenters. The van der Waals surface area contributed by atoms with Crippen molar-refractivity contribution in [2.75, 3.05) is 13.2 Å². The van der Waals surface area contributed by atoms with Crippen LogP contribution < -0.4 is 5.19 Å². The summed E-state index contributed by atoms with van der Waals surface area (Å²) in [6.07, 6.45) is 7.71. The van der Waals surface area contributed by atoms with E-state index < -0.39 is 8.07 Å². The third-order valence-electron chi connectivity index (χ3n) is 4.44. The molecule has 1 aliphatic heterocycles. The van der Waals surface area contributed by atoms with E-state index in [0.717, 1.165) is 38.5 Å². The van der Waals surface area contributed by atoms with Gasteiger partial charge in [0, 0.05) is 6.61 Å². The van der Waals surface area contributed by atoms with E-state index in [2.05, 4.69) is 50.0 Å². The first kappa shape index (κ1) is 17.5. The summed E-state index contributed by atoms with van der Waals surface area (Å²) < 4.78 is 11.4. The number of rotatable bonds is 8. The Hall–Kier alpha value is -0.903. The lowest BCUT2D eigenvalue weighted by atomic mass is 10.1. The molecule has 1 fully saturated rings. The maximum absolute atomic E-state index is 5.79. The molecule has 0 aromatic heterocycles. The first-order chi connectivity index (χ1) is 10.6. The fraction of sp³-hybridized carbons (Fsp3) is 0.579. The highest BCUT2D eigenvalue weighted by atomic mass is 28.3. The summed E-state index contributed by atoms with van der Waals surface area (Å²) in [5.74, 6) is 0. The zero-order valence-electron chi connectivity index (χ0n) is 14.1. The average Bonchev–Trinajstić information content (AvgIpc) is 2.53. The number of benzene rings is 1. The first-order valence-corrected chi connectivity index (χ1v) is 11.8. The monoisotopic (exact) mass is 318 g/mol. The van der Waals surface area contributed by atoms with Crippen LogP contribution in [0.15, 0.2) is 36.9 Å². The molecule has 3 heteroatoms. The van der Waals surface area contributed by atoms with Gasteiger partial charge in [-0.3, -0.25) is 0 Å². The number of hydrogen-bond acceptors (Lipinski definition) is 2. The van der Waals surface area contributed by atoms with Crippen molar-refractivity contribution in [3.05, 3.63) is 42.5 Å². The Kier molecular flexibility index (Phi) is 6.87. The normalized spacial score (nSPS) is 19.1. The van der Waals surface area contributed by atoms with Crippen LogP contribution >= 0.6 is 0 Å². The lowest BCUT2D eigenvalue weighted by molar-refractivity contribution is -0.162. The number of hydrogen-bond donors (Lipinski definition) is 0. The van der Waals surface area contributed by atoms with Gasteiger partial charge in [-0.15, -0.1) is 6.58 Å². The summed E-state index contributed by atoms with van der Waals surface area (Å²) in [5, 5.41) is 1.52. The van der Waals surface area contributed by atoms with Crippen molar-refractivity contribution in [3.63, 3.8) is 0 Å². The van der Waals surface area contributed by atoms with Crippen LogP contribution in [0.3, 0.4) is 0 Å². The molecule has 2 nitrogen and oxygen atoms in total. The highest BCUT2D eigenvalue weighted by Crippen LogP contribution is 2.15. The van der Waals surface area contributed by atoms with Crippen LogP contribution in [0.1, 0.15) is 31.2 Å². The summed E-state index contributed by atoms with van der Waals surface area (Å²) in [7, 11) is -1.32. The molecule has 1 aromatic carbocycles. The Morgan fingerprint density at radius 3 is 2.68 bits per heavy atom. The van der Waals surface area contributed by atoms with Gasteiger partial charge < -0.3 is 9.47 Å². The SMILES string of the molecule is C=CC[Si](C)(C)c1ccc(CCCOC2CCCCO2)cc1. The van der Waals surface area contributed by atoms with E-state index in [-0.39, 0.29) is 6.29 Å². The first-order valence-electron chi connectivity index (χ1n) is 8.55. The maximum atomic E-state index is 5.79. The summed E-state index contributed by atoms with van der Waals surface area (Å²) in [6, 6.07) is 10.3. The van der Waals surface area contributed by atoms with Crippen LogP contribution in [0.25, 0.3) is 0 Å². The molecule has 0 aliphatic carbocycles. The van der Waals surface area contributed by atoms with E-state index in [0.29, 0.717) is 0 Å². The Morgan fingerprint density at radius 1 is 1.27 bits per heavy atom. The van der Waals surface area contributed by atoms with E-state index >= 15 is 0 Å². The Balaban J connectivity index is 1.73. The Bertz CT molecular complexity index is 447. The largest absolute Gasteiger partial charge is 0.353 e. The second-order valence-corrected chi connectivity index (χ2v) is 11.6. The lowest BCUT2D eigenvalue weighted by Gasteiger charge is -2.22. The molecule has 0 spiro atoms. The minimum absolute atomic E-state index is 0.0434. The molecule has 1 aromatic rings. The molecule has 0 N–H and O–H groups in total. The predicted molar refractivity (Wildman–Crippen MR) is 96.4 cm³/mol. The molecule has 1 saturated heterocycles. The van der Waals surface area contributed by atoms with E-state index in [1.165, 1.54) is 23.6 Å². The van der Waals surface area contributed by atoms with Crippen molar-refractivity contribution in [1.82, 2.24) is 0 Å². The van der Waals surface area contributed by atoms with Crippen molar-refractivity contribution < 1.29 is 9.47 Å². The van der Waals surface area contributed by atoms with Crippen LogP contribution in [-0.2, 0) is 15.9 Å². The van der Waals surface area contributed by atoms with E-state index in [4.69, 9.17) is 9.47 Å². The van der Waals surface area contributed by atoms with Crippen LogP contribution in [0.4, 0.5) is 0 Å². The Morgan fingerprint density at radius 2 is 2.05 bits per heavy atom. The summed E-state index contributed by atoms with van der Waals surface area (Å²) in [6.45, 7) is 10.3. The smallest absolute Gasteiger partial charge is 0.157 e. The second kappa shape index (κ2) is 8.66.